The molecule has 2 aromatic carbocycles. The molecule has 4 nitrogen and oxygen atoms in total. The lowest BCUT2D eigenvalue weighted by molar-refractivity contribution is 0.0959. The summed E-state index contributed by atoms with van der Waals surface area (Å²) >= 11 is 0. The maximum atomic E-state index is 12.3. The molecule has 1 amide bonds. The van der Waals surface area contributed by atoms with Gasteiger partial charge in [0.15, 0.2) is 0 Å². The lowest BCUT2D eigenvalue weighted by atomic mass is 10.1. The van der Waals surface area contributed by atoms with E-state index in [0.717, 1.165) is 11.1 Å². The second-order valence-electron chi connectivity index (χ2n) is 5.60. The van der Waals surface area contributed by atoms with E-state index in [-0.39, 0.29) is 18.0 Å². The Labute approximate surface area is 137 Å². The summed E-state index contributed by atoms with van der Waals surface area (Å²) in [5.74, 6) is -0.221. The zero-order valence-electron chi connectivity index (χ0n) is 13.7. The van der Waals surface area contributed by atoms with E-state index in [1.165, 1.54) is 0 Å². The van der Waals surface area contributed by atoms with Crippen LogP contribution in [0.15, 0.2) is 59.6 Å². The predicted octanol–water partition coefficient (Wildman–Crippen LogP) is 3.71. The maximum absolute atomic E-state index is 12.3. The minimum atomic E-state index is -0.221. The Hall–Kier alpha value is -2.62. The molecule has 0 atom stereocenters. The summed E-state index contributed by atoms with van der Waals surface area (Å²) < 4.78 is 5.61. The van der Waals surface area contributed by atoms with Crippen LogP contribution in [0, 0.1) is 6.92 Å². The van der Waals surface area contributed by atoms with Crippen LogP contribution in [0.2, 0.25) is 0 Å². The summed E-state index contributed by atoms with van der Waals surface area (Å²) in [6.45, 7) is 6.20. The molecule has 0 bridgehead atoms. The van der Waals surface area contributed by atoms with E-state index >= 15 is 0 Å². The van der Waals surface area contributed by atoms with Gasteiger partial charge in [-0.2, -0.15) is 0 Å². The van der Waals surface area contributed by atoms with E-state index in [4.69, 9.17) is 4.74 Å². The summed E-state index contributed by atoms with van der Waals surface area (Å²) in [7, 11) is 0. The number of aliphatic imine (C=N–C) groups is 1. The zero-order chi connectivity index (χ0) is 16.7. The summed E-state index contributed by atoms with van der Waals surface area (Å²) in [5.41, 5.74) is 2.68. The van der Waals surface area contributed by atoms with Gasteiger partial charge in [-0.1, -0.05) is 48.0 Å². The SMILES string of the molecule is Cc1cccc(C(=O)NC(=NCc2ccccc2)OC(C)C)c1. The molecule has 4 heteroatoms. The van der Waals surface area contributed by atoms with Gasteiger partial charge in [0, 0.05) is 5.56 Å². The second kappa shape index (κ2) is 8.13. The Morgan fingerprint density at radius 2 is 1.87 bits per heavy atom. The largest absolute Gasteiger partial charge is 0.462 e. The topological polar surface area (TPSA) is 50.7 Å². The zero-order valence-corrected chi connectivity index (χ0v) is 13.7. The van der Waals surface area contributed by atoms with Gasteiger partial charge in [0.2, 0.25) is 0 Å². The van der Waals surface area contributed by atoms with Crippen molar-refractivity contribution >= 4 is 11.9 Å². The van der Waals surface area contributed by atoms with E-state index in [0.29, 0.717) is 12.1 Å². The average Bonchev–Trinajstić information content (AvgIpc) is 2.53. The van der Waals surface area contributed by atoms with Crippen molar-refractivity contribution < 1.29 is 9.53 Å². The van der Waals surface area contributed by atoms with Gasteiger partial charge in [-0.3, -0.25) is 10.1 Å². The Kier molecular flexibility index (Phi) is 5.92. The van der Waals surface area contributed by atoms with E-state index in [1.807, 2.05) is 69.3 Å². The van der Waals surface area contributed by atoms with Crippen LogP contribution in [0.4, 0.5) is 0 Å². The normalized spacial score (nSPS) is 11.4. The number of aryl methyl sites for hydroxylation is 1. The quantitative estimate of drug-likeness (QED) is 0.691. The molecule has 0 fully saturated rings. The van der Waals surface area contributed by atoms with Gasteiger partial charge >= 0.3 is 0 Å². The summed E-state index contributed by atoms with van der Waals surface area (Å²) in [6, 6.07) is 17.5. The monoisotopic (exact) mass is 310 g/mol. The van der Waals surface area contributed by atoms with Gasteiger partial charge in [-0.05, 0) is 38.5 Å². The molecule has 0 aromatic heterocycles. The first-order valence-corrected chi connectivity index (χ1v) is 7.67. The fourth-order valence-electron chi connectivity index (χ4n) is 2.03. The average molecular weight is 310 g/mol. The number of ether oxygens (including phenoxy) is 1. The highest BCUT2D eigenvalue weighted by molar-refractivity contribution is 6.04. The minimum absolute atomic E-state index is 0.0673. The van der Waals surface area contributed by atoms with E-state index in [2.05, 4.69) is 10.3 Å². The van der Waals surface area contributed by atoms with E-state index in [1.54, 1.807) is 6.07 Å². The first kappa shape index (κ1) is 16.7. The lowest BCUT2D eigenvalue weighted by Gasteiger charge is -2.13. The van der Waals surface area contributed by atoms with Gasteiger partial charge in [0.05, 0.1) is 12.6 Å². The molecule has 0 aliphatic carbocycles. The number of hydrogen-bond acceptors (Lipinski definition) is 3. The molecule has 120 valence electrons. The number of rotatable bonds is 4. The lowest BCUT2D eigenvalue weighted by Crippen LogP contribution is -2.34. The van der Waals surface area contributed by atoms with Crippen molar-refractivity contribution in [3.63, 3.8) is 0 Å². The Bertz CT molecular complexity index is 679. The first-order chi connectivity index (χ1) is 11.0. The molecule has 0 spiro atoms. The predicted molar refractivity (Wildman–Crippen MR) is 92.4 cm³/mol. The van der Waals surface area contributed by atoms with E-state index < -0.39 is 0 Å². The molecule has 23 heavy (non-hydrogen) atoms. The van der Waals surface area contributed by atoms with Crippen molar-refractivity contribution in [2.24, 2.45) is 4.99 Å². The molecule has 1 N–H and O–H groups in total. The van der Waals surface area contributed by atoms with Crippen LogP contribution in [0.1, 0.15) is 35.3 Å². The molecule has 0 aliphatic rings. The third-order valence-corrected chi connectivity index (χ3v) is 3.10. The molecule has 0 radical (unpaired) electrons. The second-order valence-corrected chi connectivity index (χ2v) is 5.60. The molecule has 0 saturated carbocycles. The molecule has 0 aliphatic heterocycles. The number of nitrogens with one attached hydrogen (secondary N) is 1. The van der Waals surface area contributed by atoms with Gasteiger partial charge in [-0.15, -0.1) is 0 Å². The fourth-order valence-corrected chi connectivity index (χ4v) is 2.03. The molecule has 2 rings (SSSR count). The summed E-state index contributed by atoms with van der Waals surface area (Å²) in [5, 5.41) is 2.75. The smallest absolute Gasteiger partial charge is 0.292 e. The molecule has 2 aromatic rings. The van der Waals surface area contributed by atoms with Crippen LogP contribution >= 0.6 is 0 Å². The Balaban J connectivity index is 2.10. The Morgan fingerprint density at radius 1 is 1.13 bits per heavy atom. The number of amidine groups is 1. The van der Waals surface area contributed by atoms with Gasteiger partial charge < -0.3 is 4.74 Å². The van der Waals surface area contributed by atoms with Crippen molar-refractivity contribution in [1.29, 1.82) is 0 Å². The molecular formula is C19H22N2O2. The third kappa shape index (κ3) is 5.58. The number of nitrogens with zero attached hydrogens (tertiary/aromatic N) is 1. The van der Waals surface area contributed by atoms with Crippen molar-refractivity contribution in [3.8, 4) is 0 Å². The van der Waals surface area contributed by atoms with Gasteiger partial charge in [-0.25, -0.2) is 4.99 Å². The number of benzene rings is 2. The van der Waals surface area contributed by atoms with Crippen molar-refractivity contribution in [2.75, 3.05) is 0 Å². The van der Waals surface area contributed by atoms with Crippen molar-refractivity contribution in [2.45, 2.75) is 33.4 Å². The van der Waals surface area contributed by atoms with Crippen LogP contribution in [0.3, 0.4) is 0 Å². The number of amides is 1. The highest BCUT2D eigenvalue weighted by Crippen LogP contribution is 2.05. The van der Waals surface area contributed by atoms with E-state index in [9.17, 15) is 4.79 Å². The summed E-state index contributed by atoms with van der Waals surface area (Å²) in [6.07, 6.45) is -0.0673. The van der Waals surface area contributed by atoms with Crippen LogP contribution < -0.4 is 5.32 Å². The first-order valence-electron chi connectivity index (χ1n) is 7.67. The third-order valence-electron chi connectivity index (χ3n) is 3.10. The highest BCUT2D eigenvalue weighted by atomic mass is 16.5. The molecule has 0 unspecified atom stereocenters. The van der Waals surface area contributed by atoms with Gasteiger partial charge in [0.25, 0.3) is 11.9 Å². The van der Waals surface area contributed by atoms with Crippen LogP contribution in [0.5, 0.6) is 0 Å². The minimum Gasteiger partial charge on any atom is -0.462 e. The number of carbonyl (C=O) groups is 1. The van der Waals surface area contributed by atoms with Crippen molar-refractivity contribution in [1.82, 2.24) is 5.32 Å². The number of carbonyl (C=O) groups excluding carboxylic acids is 1. The molecular weight excluding hydrogens is 288 g/mol. The van der Waals surface area contributed by atoms with Gasteiger partial charge in [0.1, 0.15) is 0 Å². The Morgan fingerprint density at radius 3 is 2.52 bits per heavy atom. The molecule has 0 saturated heterocycles. The standard InChI is InChI=1S/C19H22N2O2/c1-14(2)23-19(20-13-16-9-5-4-6-10-16)21-18(22)17-11-7-8-15(3)12-17/h4-12,14H,13H2,1-3H3,(H,20,21,22). The van der Waals surface area contributed by atoms with Crippen LogP contribution in [-0.2, 0) is 11.3 Å². The maximum Gasteiger partial charge on any atom is 0.292 e. The highest BCUT2D eigenvalue weighted by Gasteiger charge is 2.11. The molecule has 0 heterocycles. The van der Waals surface area contributed by atoms with Crippen LogP contribution in [-0.4, -0.2) is 18.0 Å². The summed E-state index contributed by atoms with van der Waals surface area (Å²) in [4.78, 5) is 16.7. The fraction of sp³-hybridized carbons (Fsp3) is 0.263. The number of hydrogen-bond donors (Lipinski definition) is 1. The van der Waals surface area contributed by atoms with Crippen molar-refractivity contribution in [3.05, 3.63) is 71.3 Å². The van der Waals surface area contributed by atoms with Crippen LogP contribution in [0.25, 0.3) is 0 Å².